The van der Waals surface area contributed by atoms with Gasteiger partial charge in [-0.05, 0) is 128 Å². The minimum absolute atomic E-state index is 0.224. The van der Waals surface area contributed by atoms with E-state index < -0.39 is 0 Å². The molecule has 0 amide bonds. The third-order valence-corrected chi connectivity index (χ3v) is 13.2. The van der Waals surface area contributed by atoms with Crippen molar-refractivity contribution < 1.29 is 0 Å². The lowest BCUT2D eigenvalue weighted by Crippen LogP contribution is -2.41. The lowest BCUT2D eigenvalue weighted by atomic mass is 9.64. The Hall–Kier alpha value is -7.28. The van der Waals surface area contributed by atoms with Gasteiger partial charge in [0, 0.05) is 5.41 Å². The third-order valence-electron chi connectivity index (χ3n) is 13.2. The van der Waals surface area contributed by atoms with Crippen LogP contribution in [-0.4, -0.2) is 0 Å². The minimum Gasteiger partial charge on any atom is -0.0833 e. The van der Waals surface area contributed by atoms with Crippen molar-refractivity contribution in [3.63, 3.8) is 0 Å². The Labute approximate surface area is 344 Å². The predicted molar refractivity (Wildman–Crippen MR) is 252 cm³/mol. The van der Waals surface area contributed by atoms with Gasteiger partial charge in [-0.1, -0.05) is 212 Å². The first-order valence-electron chi connectivity index (χ1n) is 20.9. The predicted octanol–water partition coefficient (Wildman–Crippen LogP) is 14.1. The number of fused-ring (bicyclic) bond motifs is 6. The topological polar surface area (TPSA) is 0 Å². The summed E-state index contributed by atoms with van der Waals surface area (Å²) < 4.78 is 0. The van der Waals surface area contributed by atoms with Crippen molar-refractivity contribution in [2.24, 2.45) is 5.41 Å². The molecule has 10 aromatic rings. The number of hydrogen-bond acceptors (Lipinski definition) is 0. The van der Waals surface area contributed by atoms with E-state index in [1.807, 2.05) is 0 Å². The highest BCUT2D eigenvalue weighted by Gasteiger charge is 2.37. The summed E-state index contributed by atoms with van der Waals surface area (Å²) in [5.41, 5.74) is 10.3. The molecule has 1 spiro atoms. The summed E-state index contributed by atoms with van der Waals surface area (Å²) in [5.74, 6) is 0. The average molecular weight is 749 g/mol. The van der Waals surface area contributed by atoms with E-state index in [-0.39, 0.29) is 5.41 Å². The smallest absolute Gasteiger partial charge is 0.0222 e. The zero-order valence-electron chi connectivity index (χ0n) is 32.7. The van der Waals surface area contributed by atoms with E-state index in [2.05, 4.69) is 218 Å². The Morgan fingerprint density at radius 1 is 0.356 bits per heavy atom. The maximum Gasteiger partial charge on any atom is 0.0222 e. The second kappa shape index (κ2) is 13.4. The fourth-order valence-electron chi connectivity index (χ4n) is 10.7. The first-order chi connectivity index (χ1) is 29.3. The SMILES string of the molecule is C1=CCC2(C=C1)CC(c1cccc3ccccc13)=c1ccccc1=C2c1ccc2c(-c3cccc4ccccc34)c3ccccc3c(-c3cccc4ccccc34)c2c1. The van der Waals surface area contributed by atoms with Crippen molar-refractivity contribution in [1.29, 1.82) is 0 Å². The molecule has 0 heteroatoms. The van der Waals surface area contributed by atoms with Crippen LogP contribution in [0.5, 0.6) is 0 Å². The van der Waals surface area contributed by atoms with Crippen molar-refractivity contribution in [2.75, 3.05) is 0 Å². The lowest BCUT2D eigenvalue weighted by Gasteiger charge is -2.39. The Morgan fingerprint density at radius 3 is 1.42 bits per heavy atom. The van der Waals surface area contributed by atoms with Gasteiger partial charge in [0.1, 0.15) is 0 Å². The second-order valence-electron chi connectivity index (χ2n) is 16.4. The average Bonchev–Trinajstić information content (AvgIpc) is 3.30. The Balaban J connectivity index is 1.25. The van der Waals surface area contributed by atoms with Crippen LogP contribution in [0.15, 0.2) is 218 Å². The monoisotopic (exact) mass is 748 g/mol. The molecule has 0 nitrogen and oxygen atoms in total. The zero-order valence-corrected chi connectivity index (χ0v) is 32.7. The largest absolute Gasteiger partial charge is 0.0833 e. The summed E-state index contributed by atoms with van der Waals surface area (Å²) in [5, 5.41) is 15.4. The van der Waals surface area contributed by atoms with Gasteiger partial charge >= 0.3 is 0 Å². The Morgan fingerprint density at radius 2 is 0.831 bits per heavy atom. The van der Waals surface area contributed by atoms with Crippen LogP contribution in [0, 0.1) is 5.41 Å². The van der Waals surface area contributed by atoms with E-state index in [4.69, 9.17) is 0 Å². The van der Waals surface area contributed by atoms with E-state index in [0.717, 1.165) is 12.8 Å². The molecular weight excluding hydrogens is 709 g/mol. The van der Waals surface area contributed by atoms with Gasteiger partial charge in [-0.25, -0.2) is 0 Å². The van der Waals surface area contributed by atoms with Crippen molar-refractivity contribution in [2.45, 2.75) is 12.8 Å². The summed E-state index contributed by atoms with van der Waals surface area (Å²) in [6.45, 7) is 0. The molecule has 0 aliphatic heterocycles. The van der Waals surface area contributed by atoms with Crippen LogP contribution in [-0.2, 0) is 0 Å². The maximum absolute atomic E-state index is 2.55. The zero-order chi connectivity index (χ0) is 38.9. The molecule has 10 aromatic carbocycles. The maximum atomic E-state index is 2.55. The van der Waals surface area contributed by atoms with Gasteiger partial charge in [-0.15, -0.1) is 0 Å². The van der Waals surface area contributed by atoms with Crippen molar-refractivity contribution >= 4 is 65.0 Å². The molecule has 59 heavy (non-hydrogen) atoms. The van der Waals surface area contributed by atoms with E-state index in [1.165, 1.54) is 109 Å². The highest BCUT2D eigenvalue weighted by atomic mass is 14.4. The summed E-state index contributed by atoms with van der Waals surface area (Å²) in [6.07, 6.45) is 11.2. The normalized spacial score (nSPS) is 16.2. The quantitative estimate of drug-likeness (QED) is 0.157. The first-order valence-corrected chi connectivity index (χ1v) is 20.9. The number of rotatable bonds is 4. The highest BCUT2D eigenvalue weighted by Crippen LogP contribution is 2.51. The minimum atomic E-state index is -0.224. The fraction of sp³-hybridized carbons (Fsp3) is 0.0508. The van der Waals surface area contributed by atoms with E-state index in [1.54, 1.807) is 0 Å². The molecule has 0 bridgehead atoms. The number of hydrogen-bond donors (Lipinski definition) is 0. The summed E-state index contributed by atoms with van der Waals surface area (Å²) >= 11 is 0. The lowest BCUT2D eigenvalue weighted by molar-refractivity contribution is 0.522. The van der Waals surface area contributed by atoms with Crippen LogP contribution >= 0.6 is 0 Å². The van der Waals surface area contributed by atoms with E-state index in [0.29, 0.717) is 0 Å². The van der Waals surface area contributed by atoms with Crippen LogP contribution in [0.3, 0.4) is 0 Å². The molecule has 276 valence electrons. The van der Waals surface area contributed by atoms with Crippen LogP contribution in [0.4, 0.5) is 0 Å². The van der Waals surface area contributed by atoms with Gasteiger partial charge in [0.15, 0.2) is 0 Å². The molecule has 0 fully saturated rings. The van der Waals surface area contributed by atoms with Gasteiger partial charge in [0.2, 0.25) is 0 Å². The molecule has 0 saturated carbocycles. The second-order valence-corrected chi connectivity index (χ2v) is 16.4. The first kappa shape index (κ1) is 33.8. The number of allylic oxidation sites excluding steroid dienone is 4. The van der Waals surface area contributed by atoms with Crippen molar-refractivity contribution in [1.82, 2.24) is 0 Å². The molecule has 2 aliphatic carbocycles. The highest BCUT2D eigenvalue weighted by molar-refractivity contribution is 6.25. The third kappa shape index (κ3) is 5.23. The van der Waals surface area contributed by atoms with Crippen molar-refractivity contribution in [3.05, 3.63) is 240 Å². The molecule has 0 N–H and O–H groups in total. The van der Waals surface area contributed by atoms with Crippen LogP contribution in [0.25, 0.3) is 87.3 Å². The molecule has 1 atom stereocenters. The van der Waals surface area contributed by atoms with Gasteiger partial charge < -0.3 is 0 Å². The molecule has 0 radical (unpaired) electrons. The summed E-state index contributed by atoms with van der Waals surface area (Å²) in [4.78, 5) is 0. The Bertz CT molecular complexity index is 3540. The van der Waals surface area contributed by atoms with Gasteiger partial charge in [-0.2, -0.15) is 0 Å². The summed E-state index contributed by atoms with van der Waals surface area (Å²) in [6, 6.07) is 72.6. The van der Waals surface area contributed by atoms with Gasteiger partial charge in [0.05, 0.1) is 0 Å². The van der Waals surface area contributed by atoms with Gasteiger partial charge in [-0.3, -0.25) is 0 Å². The molecule has 2 aliphatic rings. The molecular formula is C59H40. The fourth-order valence-corrected chi connectivity index (χ4v) is 10.7. The molecule has 1 unspecified atom stereocenters. The standard InChI is InChI=1S/C59H40/c1-12-35-59(36-13-1)38-55(46-30-14-20-39-17-2-5-23-43(39)46)47-26-8-11-29-53(47)58(59)42-33-34-52-54(37-42)57(49-32-16-22-41-19-4-7-25-45(41)49)51-28-10-9-27-50(51)56(52)48-31-15-21-40-18-3-6-24-44(40)48/h1-35,37H,36,38H2. The van der Waals surface area contributed by atoms with Crippen LogP contribution < -0.4 is 10.4 Å². The van der Waals surface area contributed by atoms with E-state index >= 15 is 0 Å². The molecule has 0 aromatic heterocycles. The van der Waals surface area contributed by atoms with Crippen molar-refractivity contribution in [3.8, 4) is 22.3 Å². The summed E-state index contributed by atoms with van der Waals surface area (Å²) in [7, 11) is 0. The molecule has 0 heterocycles. The van der Waals surface area contributed by atoms with Crippen LogP contribution in [0.2, 0.25) is 0 Å². The van der Waals surface area contributed by atoms with Gasteiger partial charge in [0.25, 0.3) is 0 Å². The van der Waals surface area contributed by atoms with Crippen LogP contribution in [0.1, 0.15) is 24.0 Å². The number of benzene rings is 10. The Kier molecular flexibility index (Phi) is 7.68. The van der Waals surface area contributed by atoms with E-state index in [9.17, 15) is 0 Å². The molecule has 12 rings (SSSR count). The molecule has 0 saturated heterocycles.